The summed E-state index contributed by atoms with van der Waals surface area (Å²) in [6.07, 6.45) is -0.390. The van der Waals surface area contributed by atoms with E-state index in [1.54, 1.807) is 29.2 Å². The number of pyridine rings is 2. The largest absolute Gasteiger partial charge is 0.477 e. The molecule has 1 amide bonds. The summed E-state index contributed by atoms with van der Waals surface area (Å²) >= 11 is 0. The Kier molecular flexibility index (Phi) is 6.83. The monoisotopic (exact) mass is 423 g/mol. The van der Waals surface area contributed by atoms with E-state index in [1.807, 2.05) is 0 Å². The summed E-state index contributed by atoms with van der Waals surface area (Å²) in [4.78, 5) is 20.2. The molecule has 3 aromatic rings. The lowest BCUT2D eigenvalue weighted by Gasteiger charge is -2.08. The summed E-state index contributed by atoms with van der Waals surface area (Å²) < 4.78 is 43.1. The number of carbonyl (C=O) groups is 1. The lowest BCUT2D eigenvalue weighted by Crippen LogP contribution is -2.28. The van der Waals surface area contributed by atoms with Crippen LogP contribution < -0.4 is 10.1 Å². The van der Waals surface area contributed by atoms with Gasteiger partial charge >= 0.3 is 6.18 Å². The van der Waals surface area contributed by atoms with Crippen molar-refractivity contribution < 1.29 is 27.8 Å². The van der Waals surface area contributed by atoms with Crippen LogP contribution in [0.2, 0.25) is 0 Å². The van der Waals surface area contributed by atoms with E-state index in [9.17, 15) is 18.0 Å². The quantitative estimate of drug-likeness (QED) is 0.545. The molecular formula is C19H20F3N5O3. The highest BCUT2D eigenvalue weighted by Gasteiger charge is 2.26. The van der Waals surface area contributed by atoms with E-state index in [-0.39, 0.29) is 31.4 Å². The minimum atomic E-state index is -4.27. The molecule has 3 heterocycles. The second-order valence-corrected chi connectivity index (χ2v) is 6.49. The molecule has 0 spiro atoms. The molecule has 0 unspecified atom stereocenters. The van der Waals surface area contributed by atoms with Gasteiger partial charge in [-0.1, -0.05) is 6.07 Å². The van der Waals surface area contributed by atoms with Crippen LogP contribution in [0.25, 0.3) is 10.9 Å². The predicted molar refractivity (Wildman–Crippen MR) is 101 cm³/mol. The first-order valence-electron chi connectivity index (χ1n) is 9.17. The zero-order chi connectivity index (χ0) is 21.6. The highest BCUT2D eigenvalue weighted by molar-refractivity contribution is 5.86. The summed E-state index contributed by atoms with van der Waals surface area (Å²) in [5, 5.41) is 16.6. The van der Waals surface area contributed by atoms with E-state index in [0.717, 1.165) is 10.9 Å². The summed E-state index contributed by atoms with van der Waals surface area (Å²) in [6.45, 7) is -0.0683. The van der Waals surface area contributed by atoms with Gasteiger partial charge in [-0.2, -0.15) is 18.3 Å². The Morgan fingerprint density at radius 3 is 2.77 bits per heavy atom. The van der Waals surface area contributed by atoms with Crippen LogP contribution in [-0.4, -0.2) is 56.7 Å². The third kappa shape index (κ3) is 6.14. The molecule has 0 saturated carbocycles. The van der Waals surface area contributed by atoms with Crippen molar-refractivity contribution in [2.24, 2.45) is 0 Å². The number of nitrogens with one attached hydrogen (secondary N) is 1. The first-order chi connectivity index (χ1) is 14.3. The van der Waals surface area contributed by atoms with Gasteiger partial charge in [0.05, 0.1) is 43.8 Å². The van der Waals surface area contributed by atoms with Gasteiger partial charge in [0, 0.05) is 36.6 Å². The average molecular weight is 423 g/mol. The van der Waals surface area contributed by atoms with Crippen molar-refractivity contribution in [3.63, 3.8) is 0 Å². The Hall–Kier alpha value is -3.21. The lowest BCUT2D eigenvalue weighted by molar-refractivity contribution is -0.139. The summed E-state index contributed by atoms with van der Waals surface area (Å²) in [7, 11) is 0. The van der Waals surface area contributed by atoms with Crippen LogP contribution >= 0.6 is 0 Å². The molecule has 0 saturated heterocycles. The van der Waals surface area contributed by atoms with Crippen LogP contribution in [0.1, 0.15) is 17.7 Å². The summed E-state index contributed by atoms with van der Waals surface area (Å²) in [5.41, 5.74) is 2.02. The highest BCUT2D eigenvalue weighted by atomic mass is 19.4. The number of aromatic nitrogens is 4. The molecule has 3 aromatic heterocycles. The van der Waals surface area contributed by atoms with Crippen molar-refractivity contribution in [1.82, 2.24) is 25.1 Å². The molecule has 0 atom stereocenters. The molecule has 0 fully saturated rings. The number of rotatable bonds is 9. The molecule has 0 aliphatic heterocycles. The van der Waals surface area contributed by atoms with E-state index in [1.165, 1.54) is 12.3 Å². The fourth-order valence-corrected chi connectivity index (χ4v) is 2.73. The second-order valence-electron chi connectivity index (χ2n) is 6.49. The molecule has 0 aromatic carbocycles. The van der Waals surface area contributed by atoms with Crippen molar-refractivity contribution in [3.8, 4) is 5.88 Å². The number of hydrogen-bond acceptors (Lipinski definition) is 6. The average Bonchev–Trinajstić information content (AvgIpc) is 3.10. The fourth-order valence-electron chi connectivity index (χ4n) is 2.73. The standard InChI is InChI=1S/C19H20F3N5O3/c20-19(21,22)4-8-30-18-2-1-13(10-25-18)11-27-12-14-15(26-27)3-5-23-16(14)9-17(29)24-6-7-28/h1-3,5,10,12,28H,4,6-9,11H2,(H,24,29). The first-order valence-corrected chi connectivity index (χ1v) is 9.17. The lowest BCUT2D eigenvalue weighted by atomic mass is 10.2. The van der Waals surface area contributed by atoms with Gasteiger partial charge in [-0.3, -0.25) is 14.5 Å². The number of ether oxygens (including phenoxy) is 1. The number of hydrogen-bond donors (Lipinski definition) is 2. The number of aliphatic hydroxyl groups is 1. The van der Waals surface area contributed by atoms with E-state index in [4.69, 9.17) is 9.84 Å². The van der Waals surface area contributed by atoms with Gasteiger partial charge in [-0.25, -0.2) is 4.98 Å². The number of amides is 1. The van der Waals surface area contributed by atoms with Crippen molar-refractivity contribution in [2.75, 3.05) is 19.8 Å². The SMILES string of the molecule is O=C(Cc1nccc2nn(Cc3ccc(OCCC(F)(F)F)nc3)cc12)NCCO. The van der Waals surface area contributed by atoms with Crippen molar-refractivity contribution >= 4 is 16.8 Å². The Morgan fingerprint density at radius 2 is 2.07 bits per heavy atom. The third-order valence-electron chi connectivity index (χ3n) is 4.10. The van der Waals surface area contributed by atoms with Crippen LogP contribution in [0.15, 0.2) is 36.8 Å². The van der Waals surface area contributed by atoms with Gasteiger partial charge in [0.2, 0.25) is 11.8 Å². The van der Waals surface area contributed by atoms with Gasteiger partial charge in [-0.05, 0) is 11.6 Å². The maximum atomic E-state index is 12.2. The van der Waals surface area contributed by atoms with E-state index in [0.29, 0.717) is 17.8 Å². The van der Waals surface area contributed by atoms with Crippen molar-refractivity contribution in [1.29, 1.82) is 0 Å². The van der Waals surface area contributed by atoms with Crippen LogP contribution in [0.3, 0.4) is 0 Å². The minimum Gasteiger partial charge on any atom is -0.477 e. The molecular weight excluding hydrogens is 403 g/mol. The van der Waals surface area contributed by atoms with Gasteiger partial charge in [0.1, 0.15) is 0 Å². The summed E-state index contributed by atoms with van der Waals surface area (Å²) in [6, 6.07) is 4.94. The Bertz CT molecular complexity index is 989. The van der Waals surface area contributed by atoms with Gasteiger partial charge in [-0.15, -0.1) is 0 Å². The zero-order valence-electron chi connectivity index (χ0n) is 15.9. The Balaban J connectivity index is 1.64. The third-order valence-corrected chi connectivity index (χ3v) is 4.10. The number of halogens is 3. The van der Waals surface area contributed by atoms with E-state index < -0.39 is 19.2 Å². The summed E-state index contributed by atoms with van der Waals surface area (Å²) in [5.74, 6) is -0.129. The number of aliphatic hydroxyl groups excluding tert-OH is 1. The number of carbonyl (C=O) groups excluding carboxylic acids is 1. The number of alkyl halides is 3. The van der Waals surface area contributed by atoms with Crippen LogP contribution in [0.4, 0.5) is 13.2 Å². The van der Waals surface area contributed by atoms with Crippen molar-refractivity contribution in [2.45, 2.75) is 25.6 Å². The van der Waals surface area contributed by atoms with Crippen LogP contribution in [0.5, 0.6) is 5.88 Å². The molecule has 0 bridgehead atoms. The van der Waals surface area contributed by atoms with Crippen LogP contribution in [0, 0.1) is 0 Å². The molecule has 30 heavy (non-hydrogen) atoms. The molecule has 2 N–H and O–H groups in total. The normalized spacial score (nSPS) is 11.6. The van der Waals surface area contributed by atoms with Crippen molar-refractivity contribution in [3.05, 3.63) is 48.0 Å². The van der Waals surface area contributed by atoms with E-state index in [2.05, 4.69) is 20.4 Å². The Labute approximate surface area is 169 Å². The zero-order valence-corrected chi connectivity index (χ0v) is 15.9. The molecule has 11 heteroatoms. The van der Waals surface area contributed by atoms with Gasteiger partial charge in [0.25, 0.3) is 0 Å². The highest BCUT2D eigenvalue weighted by Crippen LogP contribution is 2.20. The molecule has 0 aliphatic carbocycles. The first kappa shape index (κ1) is 21.5. The fraction of sp³-hybridized carbons (Fsp3) is 0.368. The topological polar surface area (TPSA) is 102 Å². The van der Waals surface area contributed by atoms with E-state index >= 15 is 0 Å². The van der Waals surface area contributed by atoms with Gasteiger partial charge < -0.3 is 15.2 Å². The Morgan fingerprint density at radius 1 is 1.23 bits per heavy atom. The smallest absolute Gasteiger partial charge is 0.392 e. The number of nitrogens with zero attached hydrogens (tertiary/aromatic N) is 4. The maximum absolute atomic E-state index is 12.2. The second kappa shape index (κ2) is 9.53. The maximum Gasteiger partial charge on any atom is 0.392 e. The number of fused-ring (bicyclic) bond motifs is 1. The molecule has 160 valence electrons. The van der Waals surface area contributed by atoms with Crippen LogP contribution in [-0.2, 0) is 17.8 Å². The molecule has 0 radical (unpaired) electrons. The van der Waals surface area contributed by atoms with Gasteiger partial charge in [0.15, 0.2) is 0 Å². The minimum absolute atomic E-state index is 0.0640. The molecule has 3 rings (SSSR count). The molecule has 8 nitrogen and oxygen atoms in total. The predicted octanol–water partition coefficient (Wildman–Crippen LogP) is 1.86. The molecule has 0 aliphatic rings.